The van der Waals surface area contributed by atoms with Gasteiger partial charge in [-0.3, -0.25) is 4.79 Å². The minimum atomic E-state index is -0.0953. The highest BCUT2D eigenvalue weighted by molar-refractivity contribution is 5.83. The minimum Gasteiger partial charge on any atom is -0.353 e. The molecule has 4 bridgehead atoms. The maximum Gasteiger partial charge on any atom is 0.226 e. The molecule has 0 radical (unpaired) electrons. The van der Waals surface area contributed by atoms with Crippen LogP contribution in [0, 0.1) is 17.3 Å². The number of carbonyl (C=O) groups excluding carboxylic acids is 1. The molecule has 2 heteroatoms. The molecule has 1 amide bonds. The van der Waals surface area contributed by atoms with E-state index in [9.17, 15) is 4.79 Å². The molecule has 0 spiro atoms. The number of amides is 1. The molecule has 0 heterocycles. The van der Waals surface area contributed by atoms with Crippen LogP contribution in [0.5, 0.6) is 0 Å². The van der Waals surface area contributed by atoms with Crippen LogP contribution in [0.25, 0.3) is 0 Å². The highest BCUT2D eigenvalue weighted by atomic mass is 16.2. The van der Waals surface area contributed by atoms with Gasteiger partial charge in [0.05, 0.1) is 5.41 Å². The Labute approximate surface area is 146 Å². The smallest absolute Gasteiger partial charge is 0.226 e. The fourth-order valence-corrected chi connectivity index (χ4v) is 6.54. The van der Waals surface area contributed by atoms with E-state index in [4.69, 9.17) is 0 Å². The van der Waals surface area contributed by atoms with Gasteiger partial charge in [0.1, 0.15) is 0 Å². The maximum absolute atomic E-state index is 13.2. The largest absolute Gasteiger partial charge is 0.353 e. The molecule has 4 fully saturated rings. The van der Waals surface area contributed by atoms with Gasteiger partial charge in [-0.15, -0.1) is 0 Å². The third-order valence-corrected chi connectivity index (χ3v) is 7.03. The maximum atomic E-state index is 13.2. The third kappa shape index (κ3) is 2.59. The van der Waals surface area contributed by atoms with Gasteiger partial charge < -0.3 is 5.32 Å². The summed E-state index contributed by atoms with van der Waals surface area (Å²) in [5.41, 5.74) is 1.65. The highest BCUT2D eigenvalue weighted by Gasteiger charge is 2.60. The Morgan fingerprint density at radius 3 is 2.46 bits per heavy atom. The van der Waals surface area contributed by atoms with E-state index in [0.29, 0.717) is 11.9 Å². The molecule has 0 aromatic heterocycles. The minimum absolute atomic E-state index is 0.0953. The predicted octanol–water partition coefficient (Wildman–Crippen LogP) is 4.83. The molecule has 5 rings (SSSR count). The van der Waals surface area contributed by atoms with Gasteiger partial charge in [-0.2, -0.15) is 0 Å². The van der Waals surface area contributed by atoms with E-state index in [1.807, 2.05) is 0 Å². The first kappa shape index (κ1) is 16.2. The highest BCUT2D eigenvalue weighted by Crippen LogP contribution is 2.65. The molecule has 3 atom stereocenters. The summed E-state index contributed by atoms with van der Waals surface area (Å²) in [5, 5.41) is 3.37. The second kappa shape index (κ2) is 5.89. The number of carbonyl (C=O) groups is 1. The van der Waals surface area contributed by atoms with Crippen LogP contribution in [0.15, 0.2) is 30.3 Å². The molecule has 24 heavy (non-hydrogen) atoms. The Bertz CT molecular complexity index is 594. The molecule has 1 aromatic carbocycles. The van der Waals surface area contributed by atoms with Crippen LogP contribution in [-0.2, 0) is 10.2 Å². The van der Waals surface area contributed by atoms with Crippen molar-refractivity contribution in [3.8, 4) is 0 Å². The van der Waals surface area contributed by atoms with E-state index >= 15 is 0 Å². The van der Waals surface area contributed by atoms with Crippen molar-refractivity contribution in [1.82, 2.24) is 5.32 Å². The van der Waals surface area contributed by atoms with E-state index in [1.54, 1.807) is 0 Å². The standard InChI is InChI=1S/C22H31NO/c1-3-7-16(2)23-20(24)22-13-17-10-18(14-22)12-21(11-17,15-22)19-8-5-4-6-9-19/h4-6,8-9,16-18H,3,7,10-15H2,1-2H3,(H,23,24). The van der Waals surface area contributed by atoms with Crippen molar-refractivity contribution in [2.75, 3.05) is 0 Å². The number of nitrogens with one attached hydrogen (secondary N) is 1. The zero-order chi connectivity index (χ0) is 16.8. The molecule has 0 aliphatic heterocycles. The van der Waals surface area contributed by atoms with Crippen molar-refractivity contribution in [2.45, 2.75) is 76.7 Å². The van der Waals surface area contributed by atoms with Gasteiger partial charge >= 0.3 is 0 Å². The van der Waals surface area contributed by atoms with Gasteiger partial charge in [0.15, 0.2) is 0 Å². The van der Waals surface area contributed by atoms with E-state index in [0.717, 1.165) is 43.9 Å². The zero-order valence-electron chi connectivity index (χ0n) is 15.2. The summed E-state index contributed by atoms with van der Waals surface area (Å²) < 4.78 is 0. The van der Waals surface area contributed by atoms with E-state index in [-0.39, 0.29) is 10.8 Å². The summed E-state index contributed by atoms with van der Waals surface area (Å²) in [6, 6.07) is 11.4. The first-order valence-electron chi connectivity index (χ1n) is 9.92. The summed E-state index contributed by atoms with van der Waals surface area (Å²) in [6.45, 7) is 4.35. The van der Waals surface area contributed by atoms with Crippen LogP contribution >= 0.6 is 0 Å². The van der Waals surface area contributed by atoms with Crippen LogP contribution in [0.3, 0.4) is 0 Å². The lowest BCUT2D eigenvalue weighted by molar-refractivity contribution is -0.149. The van der Waals surface area contributed by atoms with Crippen LogP contribution in [0.1, 0.15) is 70.8 Å². The van der Waals surface area contributed by atoms with Gasteiger partial charge in [-0.25, -0.2) is 0 Å². The fourth-order valence-electron chi connectivity index (χ4n) is 6.54. The van der Waals surface area contributed by atoms with E-state index in [2.05, 4.69) is 49.5 Å². The molecule has 2 nitrogen and oxygen atoms in total. The lowest BCUT2D eigenvalue weighted by atomic mass is 9.42. The van der Waals surface area contributed by atoms with Crippen molar-refractivity contribution in [3.05, 3.63) is 35.9 Å². The Morgan fingerprint density at radius 2 is 1.83 bits per heavy atom. The van der Waals surface area contributed by atoms with E-state index in [1.165, 1.54) is 24.8 Å². The molecule has 1 aromatic rings. The van der Waals surface area contributed by atoms with Crippen molar-refractivity contribution in [2.24, 2.45) is 17.3 Å². The van der Waals surface area contributed by atoms with Crippen molar-refractivity contribution < 1.29 is 4.79 Å². The van der Waals surface area contributed by atoms with Gasteiger partial charge in [-0.05, 0) is 74.7 Å². The second-order valence-electron chi connectivity index (χ2n) is 9.05. The summed E-state index contributed by atoms with van der Waals surface area (Å²) in [4.78, 5) is 13.2. The molecule has 4 aliphatic rings. The molecular formula is C22H31NO. The number of benzene rings is 1. The van der Waals surface area contributed by atoms with Crippen LogP contribution < -0.4 is 5.32 Å². The van der Waals surface area contributed by atoms with Crippen LogP contribution in [0.4, 0.5) is 0 Å². The third-order valence-electron chi connectivity index (χ3n) is 7.03. The zero-order valence-corrected chi connectivity index (χ0v) is 15.2. The van der Waals surface area contributed by atoms with Gasteiger partial charge in [0, 0.05) is 6.04 Å². The summed E-state index contributed by atoms with van der Waals surface area (Å²) >= 11 is 0. The Kier molecular flexibility index (Phi) is 3.97. The van der Waals surface area contributed by atoms with Gasteiger partial charge in [-0.1, -0.05) is 43.7 Å². The first-order valence-corrected chi connectivity index (χ1v) is 9.92. The summed E-state index contributed by atoms with van der Waals surface area (Å²) in [5.74, 6) is 1.86. The molecular weight excluding hydrogens is 294 g/mol. The van der Waals surface area contributed by atoms with Crippen LogP contribution in [0.2, 0.25) is 0 Å². The molecule has 1 N–H and O–H groups in total. The van der Waals surface area contributed by atoms with Crippen molar-refractivity contribution in [3.63, 3.8) is 0 Å². The Morgan fingerprint density at radius 1 is 1.17 bits per heavy atom. The predicted molar refractivity (Wildman–Crippen MR) is 97.7 cm³/mol. The normalized spacial score (nSPS) is 38.1. The number of rotatable bonds is 5. The Balaban J connectivity index is 1.62. The average Bonchev–Trinajstić information content (AvgIpc) is 2.54. The first-order chi connectivity index (χ1) is 11.6. The quantitative estimate of drug-likeness (QED) is 0.825. The lowest BCUT2D eigenvalue weighted by Crippen LogP contribution is -2.59. The monoisotopic (exact) mass is 325 g/mol. The molecule has 0 saturated heterocycles. The molecule has 4 saturated carbocycles. The van der Waals surface area contributed by atoms with E-state index < -0.39 is 0 Å². The average molecular weight is 325 g/mol. The fraction of sp³-hybridized carbons (Fsp3) is 0.682. The topological polar surface area (TPSA) is 29.1 Å². The number of hydrogen-bond donors (Lipinski definition) is 1. The lowest BCUT2D eigenvalue weighted by Gasteiger charge is -2.61. The molecule has 130 valence electrons. The van der Waals surface area contributed by atoms with Gasteiger partial charge in [0.25, 0.3) is 0 Å². The van der Waals surface area contributed by atoms with Crippen molar-refractivity contribution in [1.29, 1.82) is 0 Å². The second-order valence-corrected chi connectivity index (χ2v) is 9.05. The SMILES string of the molecule is CCCC(C)NC(=O)C12CC3CC(C1)CC(c1ccccc1)(C3)C2. The Hall–Kier alpha value is -1.31. The van der Waals surface area contributed by atoms with Crippen LogP contribution in [-0.4, -0.2) is 11.9 Å². The number of hydrogen-bond acceptors (Lipinski definition) is 1. The van der Waals surface area contributed by atoms with Crippen molar-refractivity contribution >= 4 is 5.91 Å². The van der Waals surface area contributed by atoms with Gasteiger partial charge in [0.2, 0.25) is 5.91 Å². The molecule has 3 unspecified atom stereocenters. The summed E-state index contributed by atoms with van der Waals surface area (Å²) in [6.07, 6.45) is 9.49. The molecule has 4 aliphatic carbocycles. The summed E-state index contributed by atoms with van der Waals surface area (Å²) in [7, 11) is 0.